The fraction of sp³-hybridized carbons (Fsp3) is 0.167. The van der Waals surface area contributed by atoms with Gasteiger partial charge in [-0.15, -0.1) is 0 Å². The molecule has 0 aliphatic carbocycles. The molecule has 56 heavy (non-hydrogen) atoms. The van der Waals surface area contributed by atoms with Crippen LogP contribution in [0, 0.1) is 0 Å². The molecule has 0 radical (unpaired) electrons. The first-order valence-corrected chi connectivity index (χ1v) is 17.5. The summed E-state index contributed by atoms with van der Waals surface area (Å²) >= 11 is 22.8. The minimum atomic E-state index is -1.13. The molecule has 296 valence electrons. The van der Waals surface area contributed by atoms with Crippen LogP contribution in [0.2, 0.25) is 10.0 Å². The van der Waals surface area contributed by atoms with E-state index in [0.29, 0.717) is 50.6 Å². The van der Waals surface area contributed by atoms with Crippen molar-refractivity contribution in [1.29, 1.82) is 0 Å². The molecule has 0 aliphatic heterocycles. The average molecular weight is 848 g/mol. The SMILES string of the molecule is COc1cc(OCC(=O)O)c(Cl)cc1NC(=S)Nc1ccc(NC(C)=O)cc1.COc1cc(OCC(=O)O)c(NC(=S)Nc2ccc(NC(C)=O)cc2)cc1Cl. The van der Waals surface area contributed by atoms with Crippen LogP contribution < -0.4 is 50.8 Å². The van der Waals surface area contributed by atoms with E-state index < -0.39 is 25.2 Å². The zero-order valence-electron chi connectivity index (χ0n) is 30.1. The van der Waals surface area contributed by atoms with Crippen LogP contribution in [0.3, 0.4) is 0 Å². The quantitative estimate of drug-likeness (QED) is 0.0591. The molecule has 0 spiro atoms. The molecule has 4 aromatic carbocycles. The first-order valence-electron chi connectivity index (χ1n) is 15.9. The zero-order valence-corrected chi connectivity index (χ0v) is 33.2. The summed E-state index contributed by atoms with van der Waals surface area (Å²) < 4.78 is 20.8. The summed E-state index contributed by atoms with van der Waals surface area (Å²) in [5, 5.41) is 35.7. The lowest BCUT2D eigenvalue weighted by molar-refractivity contribution is -0.140. The summed E-state index contributed by atoms with van der Waals surface area (Å²) in [6, 6.07) is 19.9. The molecule has 0 atom stereocenters. The summed E-state index contributed by atoms with van der Waals surface area (Å²) in [4.78, 5) is 43.5. The lowest BCUT2D eigenvalue weighted by Gasteiger charge is -2.16. The molecule has 16 nitrogen and oxygen atoms in total. The maximum atomic E-state index is 11.1. The number of benzene rings is 4. The van der Waals surface area contributed by atoms with Gasteiger partial charge in [-0.1, -0.05) is 23.2 Å². The lowest BCUT2D eigenvalue weighted by Crippen LogP contribution is -2.20. The van der Waals surface area contributed by atoms with Gasteiger partial charge < -0.3 is 61.1 Å². The van der Waals surface area contributed by atoms with E-state index in [2.05, 4.69) is 31.9 Å². The fourth-order valence-corrected chi connectivity index (χ4v) is 5.26. The van der Waals surface area contributed by atoms with Gasteiger partial charge in [0, 0.05) is 48.7 Å². The Hall–Kier alpha value is -6.08. The molecule has 0 aromatic heterocycles. The molecule has 0 aliphatic rings. The van der Waals surface area contributed by atoms with Crippen molar-refractivity contribution in [3.63, 3.8) is 0 Å². The number of halogens is 2. The normalized spacial score (nSPS) is 9.96. The fourth-order valence-electron chi connectivity index (χ4n) is 4.35. The number of ether oxygens (including phenoxy) is 4. The van der Waals surface area contributed by atoms with E-state index in [4.69, 9.17) is 76.8 Å². The minimum Gasteiger partial charge on any atom is -0.495 e. The Bertz CT molecular complexity index is 2070. The highest BCUT2D eigenvalue weighted by Gasteiger charge is 2.15. The number of rotatable bonds is 14. The Balaban J connectivity index is 0.000000300. The maximum absolute atomic E-state index is 11.1. The van der Waals surface area contributed by atoms with Gasteiger partial charge in [0.2, 0.25) is 11.8 Å². The van der Waals surface area contributed by atoms with Crippen LogP contribution in [0.4, 0.5) is 34.1 Å². The van der Waals surface area contributed by atoms with Crippen molar-refractivity contribution in [3.05, 3.63) is 82.8 Å². The van der Waals surface area contributed by atoms with Crippen molar-refractivity contribution >= 4 is 116 Å². The van der Waals surface area contributed by atoms with E-state index in [1.807, 2.05) is 0 Å². The number of hydrogen-bond donors (Lipinski definition) is 8. The Kier molecular flexibility index (Phi) is 17.2. The molecular formula is C36H36Cl2N6O10S2. The summed E-state index contributed by atoms with van der Waals surface area (Å²) in [5.41, 5.74) is 3.56. The van der Waals surface area contributed by atoms with E-state index in [0.717, 1.165) is 0 Å². The molecule has 2 amide bonds. The Morgan fingerprint density at radius 2 is 0.875 bits per heavy atom. The van der Waals surface area contributed by atoms with Crippen LogP contribution in [-0.2, 0) is 19.2 Å². The first kappa shape index (κ1) is 44.3. The summed E-state index contributed by atoms with van der Waals surface area (Å²) in [6.45, 7) is 1.80. The van der Waals surface area contributed by atoms with E-state index in [1.54, 1.807) is 48.5 Å². The van der Waals surface area contributed by atoms with E-state index >= 15 is 0 Å². The summed E-state index contributed by atoms with van der Waals surface area (Å²) in [7, 11) is 2.89. The predicted octanol–water partition coefficient (Wildman–Crippen LogP) is 7.16. The number of carboxylic acid groups (broad SMARTS) is 2. The van der Waals surface area contributed by atoms with Crippen molar-refractivity contribution in [1.82, 2.24) is 0 Å². The number of nitrogens with one attached hydrogen (secondary N) is 6. The van der Waals surface area contributed by atoms with E-state index in [1.165, 1.54) is 52.3 Å². The second kappa shape index (κ2) is 21.7. The third-order valence-electron chi connectivity index (χ3n) is 6.63. The highest BCUT2D eigenvalue weighted by Crippen LogP contribution is 2.37. The van der Waals surface area contributed by atoms with Crippen molar-refractivity contribution < 1.29 is 48.3 Å². The average Bonchev–Trinajstić information content (AvgIpc) is 3.12. The number of carbonyl (C=O) groups excluding carboxylic acids is 2. The van der Waals surface area contributed by atoms with Gasteiger partial charge in [0.15, 0.2) is 23.4 Å². The first-order chi connectivity index (χ1) is 26.6. The van der Waals surface area contributed by atoms with Crippen LogP contribution in [0.25, 0.3) is 0 Å². The smallest absolute Gasteiger partial charge is 0.341 e. The zero-order chi connectivity index (χ0) is 41.4. The number of thiocarbonyl (C=S) groups is 2. The van der Waals surface area contributed by atoms with Gasteiger partial charge >= 0.3 is 11.9 Å². The molecule has 4 rings (SSSR count). The van der Waals surface area contributed by atoms with Gasteiger partial charge in [0.25, 0.3) is 0 Å². The molecule has 0 saturated heterocycles. The predicted molar refractivity (Wildman–Crippen MR) is 223 cm³/mol. The van der Waals surface area contributed by atoms with Crippen LogP contribution in [0.15, 0.2) is 72.8 Å². The summed E-state index contributed by atoms with van der Waals surface area (Å²) in [6.07, 6.45) is 0. The second-order valence-electron chi connectivity index (χ2n) is 11.0. The highest BCUT2D eigenvalue weighted by atomic mass is 35.5. The van der Waals surface area contributed by atoms with Crippen LogP contribution in [-0.4, -0.2) is 71.6 Å². The van der Waals surface area contributed by atoms with Gasteiger partial charge in [-0.2, -0.15) is 0 Å². The van der Waals surface area contributed by atoms with Gasteiger partial charge in [-0.25, -0.2) is 9.59 Å². The molecule has 0 saturated carbocycles. The third kappa shape index (κ3) is 15.0. The molecular weight excluding hydrogens is 811 g/mol. The van der Waals surface area contributed by atoms with Gasteiger partial charge in [0.05, 0.1) is 35.6 Å². The largest absolute Gasteiger partial charge is 0.495 e. The highest BCUT2D eigenvalue weighted by molar-refractivity contribution is 7.81. The molecule has 0 heterocycles. The van der Waals surface area contributed by atoms with Crippen molar-refractivity contribution in [2.24, 2.45) is 0 Å². The number of anilines is 6. The van der Waals surface area contributed by atoms with Crippen LogP contribution >= 0.6 is 47.6 Å². The molecule has 0 fully saturated rings. The molecule has 20 heteroatoms. The number of hydrogen-bond acceptors (Lipinski definition) is 10. The van der Waals surface area contributed by atoms with Crippen molar-refractivity contribution in [2.75, 3.05) is 59.3 Å². The standard InChI is InChI=1S/2C18H18ClN3O5S/c1-10(23)20-11-3-5-12(6-4-11)21-18(28)22-14-7-13(19)15(8-16(14)26-2)27-9-17(24)25;1-10(23)20-11-3-5-12(6-4-11)21-18(28)22-14-7-13(19)15(26-2)8-16(14)27-9-17(24)25/h2*3-8H,9H2,1-2H3,(H,20,23)(H,24,25)(H2,21,22,28). The van der Waals surface area contributed by atoms with Gasteiger partial charge in [-0.3, -0.25) is 9.59 Å². The van der Waals surface area contributed by atoms with E-state index in [9.17, 15) is 19.2 Å². The Morgan fingerprint density at radius 1 is 0.536 bits per heavy atom. The topological polar surface area (TPSA) is 218 Å². The lowest BCUT2D eigenvalue weighted by atomic mass is 10.2. The van der Waals surface area contributed by atoms with Crippen molar-refractivity contribution in [3.8, 4) is 23.0 Å². The van der Waals surface area contributed by atoms with Crippen LogP contribution in [0.1, 0.15) is 13.8 Å². The van der Waals surface area contributed by atoms with Crippen molar-refractivity contribution in [2.45, 2.75) is 13.8 Å². The monoisotopic (exact) mass is 846 g/mol. The number of methoxy groups -OCH3 is 2. The minimum absolute atomic E-state index is 0.155. The molecule has 0 bridgehead atoms. The van der Waals surface area contributed by atoms with Gasteiger partial charge in [-0.05, 0) is 85.1 Å². The number of carbonyl (C=O) groups is 4. The number of aliphatic carboxylic acids is 2. The second-order valence-corrected chi connectivity index (χ2v) is 12.6. The third-order valence-corrected chi connectivity index (χ3v) is 7.63. The maximum Gasteiger partial charge on any atom is 0.341 e. The molecule has 4 aromatic rings. The van der Waals surface area contributed by atoms with Crippen LogP contribution in [0.5, 0.6) is 23.0 Å². The Morgan fingerprint density at radius 3 is 1.25 bits per heavy atom. The Labute approximate surface area is 341 Å². The number of carboxylic acids is 2. The molecule has 0 unspecified atom stereocenters. The molecule has 8 N–H and O–H groups in total. The van der Waals surface area contributed by atoms with E-state index in [-0.39, 0.29) is 38.6 Å². The van der Waals surface area contributed by atoms with Gasteiger partial charge in [0.1, 0.15) is 23.0 Å². The summed E-state index contributed by atoms with van der Waals surface area (Å²) in [5.74, 6) is -1.46. The number of amides is 2.